The van der Waals surface area contributed by atoms with Crippen LogP contribution in [0.15, 0.2) is 24.3 Å². The van der Waals surface area contributed by atoms with Crippen molar-refractivity contribution in [2.45, 2.75) is 6.92 Å². The Morgan fingerprint density at radius 1 is 1.27 bits per heavy atom. The zero-order valence-electron chi connectivity index (χ0n) is 9.23. The summed E-state index contributed by atoms with van der Waals surface area (Å²) < 4.78 is 0. The molecule has 1 amide bonds. The average Bonchev–Trinajstić information content (AvgIpc) is 2.17. The number of hydrogen-bond donors (Lipinski definition) is 0. The minimum atomic E-state index is 0.189. The Labute approximate surface area is 90.3 Å². The van der Waals surface area contributed by atoms with Crippen LogP contribution < -0.4 is 4.90 Å². The van der Waals surface area contributed by atoms with Crippen LogP contribution in [0, 0.1) is 6.92 Å². The van der Waals surface area contributed by atoms with E-state index in [1.807, 2.05) is 37.1 Å². The number of carbonyl (C=O) groups excluding carboxylic acids is 1. The first-order valence-corrected chi connectivity index (χ1v) is 5.22. The van der Waals surface area contributed by atoms with Gasteiger partial charge in [-0.25, -0.2) is 0 Å². The topological polar surface area (TPSA) is 23.6 Å². The maximum absolute atomic E-state index is 11.8. The predicted molar refractivity (Wildman–Crippen MR) is 61.0 cm³/mol. The van der Waals surface area contributed by atoms with Crippen LogP contribution in [0.25, 0.3) is 0 Å². The number of piperazine rings is 1. The summed E-state index contributed by atoms with van der Waals surface area (Å²) in [7, 11) is 1.98. The van der Waals surface area contributed by atoms with E-state index in [1.165, 1.54) is 5.56 Å². The van der Waals surface area contributed by atoms with E-state index in [2.05, 4.69) is 11.0 Å². The van der Waals surface area contributed by atoms with Crippen molar-refractivity contribution < 1.29 is 4.79 Å². The van der Waals surface area contributed by atoms with Crippen molar-refractivity contribution in [1.82, 2.24) is 4.90 Å². The molecule has 0 bridgehead atoms. The smallest absolute Gasteiger partial charge is 0.241 e. The Morgan fingerprint density at radius 2 is 2.07 bits per heavy atom. The first-order valence-electron chi connectivity index (χ1n) is 5.22. The van der Waals surface area contributed by atoms with Gasteiger partial charge in [-0.15, -0.1) is 0 Å². The van der Waals surface area contributed by atoms with Crippen LogP contribution >= 0.6 is 0 Å². The molecule has 1 aromatic rings. The summed E-state index contributed by atoms with van der Waals surface area (Å²) in [6.45, 7) is 4.30. The lowest BCUT2D eigenvalue weighted by Gasteiger charge is -2.32. The van der Waals surface area contributed by atoms with Gasteiger partial charge in [0.25, 0.3) is 0 Å². The van der Waals surface area contributed by atoms with E-state index in [4.69, 9.17) is 0 Å². The van der Waals surface area contributed by atoms with Crippen LogP contribution in [0.4, 0.5) is 5.69 Å². The number of rotatable bonds is 1. The standard InChI is InChI=1S/C12H16N2O/c1-10-4-3-5-11(8-10)14-7-6-13(2)9-12(14)15/h3-5,8H,6-7,9H2,1-2H3. The van der Waals surface area contributed by atoms with Crippen molar-refractivity contribution in [1.29, 1.82) is 0 Å². The molecule has 0 aliphatic carbocycles. The molecule has 1 fully saturated rings. The molecule has 15 heavy (non-hydrogen) atoms. The SMILES string of the molecule is Cc1cccc(N2CCN(C)CC2=O)c1. The summed E-state index contributed by atoms with van der Waals surface area (Å²) in [6, 6.07) is 8.10. The zero-order chi connectivity index (χ0) is 10.8. The molecule has 3 nitrogen and oxygen atoms in total. The van der Waals surface area contributed by atoms with E-state index in [9.17, 15) is 4.79 Å². The van der Waals surface area contributed by atoms with Gasteiger partial charge in [0.2, 0.25) is 5.91 Å². The number of amides is 1. The van der Waals surface area contributed by atoms with Crippen LogP contribution in [0.2, 0.25) is 0 Å². The Morgan fingerprint density at radius 3 is 2.73 bits per heavy atom. The molecule has 1 aromatic carbocycles. The molecule has 1 aliphatic rings. The van der Waals surface area contributed by atoms with Crippen molar-refractivity contribution in [2.75, 3.05) is 31.6 Å². The molecule has 0 radical (unpaired) electrons. The lowest BCUT2D eigenvalue weighted by Crippen LogP contribution is -2.48. The fraction of sp³-hybridized carbons (Fsp3) is 0.417. The van der Waals surface area contributed by atoms with Crippen LogP contribution in [-0.4, -0.2) is 37.5 Å². The van der Waals surface area contributed by atoms with Gasteiger partial charge in [-0.05, 0) is 31.7 Å². The second kappa shape index (κ2) is 4.03. The van der Waals surface area contributed by atoms with Crippen molar-refractivity contribution in [3.05, 3.63) is 29.8 Å². The summed E-state index contributed by atoms with van der Waals surface area (Å²) in [6.07, 6.45) is 0. The van der Waals surface area contributed by atoms with Gasteiger partial charge >= 0.3 is 0 Å². The first-order chi connectivity index (χ1) is 7.16. The molecule has 0 saturated carbocycles. The lowest BCUT2D eigenvalue weighted by molar-refractivity contribution is -0.120. The Balaban J connectivity index is 2.20. The quantitative estimate of drug-likeness (QED) is 0.688. The highest BCUT2D eigenvalue weighted by Crippen LogP contribution is 2.17. The van der Waals surface area contributed by atoms with Gasteiger partial charge in [-0.1, -0.05) is 12.1 Å². The lowest BCUT2D eigenvalue weighted by atomic mass is 10.2. The number of hydrogen-bond acceptors (Lipinski definition) is 2. The van der Waals surface area contributed by atoms with E-state index in [-0.39, 0.29) is 5.91 Å². The van der Waals surface area contributed by atoms with Gasteiger partial charge < -0.3 is 4.90 Å². The van der Waals surface area contributed by atoms with Gasteiger partial charge in [-0.2, -0.15) is 0 Å². The normalized spacial score (nSPS) is 18.3. The molecule has 1 saturated heterocycles. The molecular weight excluding hydrogens is 188 g/mol. The number of carbonyl (C=O) groups is 1. The molecule has 2 rings (SSSR count). The Bertz CT molecular complexity index is 376. The summed E-state index contributed by atoms with van der Waals surface area (Å²) in [5.74, 6) is 0.189. The van der Waals surface area contributed by atoms with Crippen molar-refractivity contribution >= 4 is 11.6 Å². The van der Waals surface area contributed by atoms with Gasteiger partial charge in [0.15, 0.2) is 0 Å². The highest BCUT2D eigenvalue weighted by atomic mass is 16.2. The number of aryl methyl sites for hydroxylation is 1. The second-order valence-electron chi connectivity index (χ2n) is 4.12. The fourth-order valence-corrected chi connectivity index (χ4v) is 1.86. The average molecular weight is 204 g/mol. The number of benzene rings is 1. The zero-order valence-corrected chi connectivity index (χ0v) is 9.23. The summed E-state index contributed by atoms with van der Waals surface area (Å²) >= 11 is 0. The van der Waals surface area contributed by atoms with E-state index in [1.54, 1.807) is 0 Å². The molecule has 0 unspecified atom stereocenters. The van der Waals surface area contributed by atoms with Crippen molar-refractivity contribution in [3.63, 3.8) is 0 Å². The molecule has 0 aromatic heterocycles. The second-order valence-corrected chi connectivity index (χ2v) is 4.12. The minimum absolute atomic E-state index is 0.189. The van der Waals surface area contributed by atoms with Gasteiger partial charge in [-0.3, -0.25) is 9.69 Å². The molecule has 0 atom stereocenters. The molecule has 1 heterocycles. The first kappa shape index (κ1) is 10.2. The molecule has 0 spiro atoms. The molecule has 0 N–H and O–H groups in total. The van der Waals surface area contributed by atoms with Gasteiger partial charge in [0.05, 0.1) is 6.54 Å². The largest absolute Gasteiger partial charge is 0.310 e. The third kappa shape index (κ3) is 2.18. The van der Waals surface area contributed by atoms with Crippen LogP contribution in [-0.2, 0) is 4.79 Å². The third-order valence-electron chi connectivity index (χ3n) is 2.72. The third-order valence-corrected chi connectivity index (χ3v) is 2.72. The van der Waals surface area contributed by atoms with E-state index < -0.39 is 0 Å². The van der Waals surface area contributed by atoms with Crippen LogP contribution in [0.1, 0.15) is 5.56 Å². The maximum atomic E-state index is 11.8. The van der Waals surface area contributed by atoms with Gasteiger partial charge in [0.1, 0.15) is 0 Å². The van der Waals surface area contributed by atoms with Crippen LogP contribution in [0.5, 0.6) is 0 Å². The highest BCUT2D eigenvalue weighted by Gasteiger charge is 2.22. The number of likely N-dealkylation sites (N-methyl/N-ethyl adjacent to an activating group) is 1. The van der Waals surface area contributed by atoms with Crippen LogP contribution in [0.3, 0.4) is 0 Å². The Hall–Kier alpha value is -1.35. The monoisotopic (exact) mass is 204 g/mol. The van der Waals surface area contributed by atoms with E-state index in [0.717, 1.165) is 18.8 Å². The minimum Gasteiger partial charge on any atom is -0.310 e. The fourth-order valence-electron chi connectivity index (χ4n) is 1.86. The molecule has 1 aliphatic heterocycles. The summed E-state index contributed by atoms with van der Waals surface area (Å²) in [5, 5.41) is 0. The molecule has 3 heteroatoms. The summed E-state index contributed by atoms with van der Waals surface area (Å²) in [5.41, 5.74) is 2.22. The van der Waals surface area contributed by atoms with Crippen molar-refractivity contribution in [2.24, 2.45) is 0 Å². The van der Waals surface area contributed by atoms with E-state index in [0.29, 0.717) is 6.54 Å². The molecule has 80 valence electrons. The number of nitrogens with zero attached hydrogens (tertiary/aromatic N) is 2. The maximum Gasteiger partial charge on any atom is 0.241 e. The molecular formula is C12H16N2O. The van der Waals surface area contributed by atoms with Crippen molar-refractivity contribution in [3.8, 4) is 0 Å². The van der Waals surface area contributed by atoms with E-state index >= 15 is 0 Å². The summed E-state index contributed by atoms with van der Waals surface area (Å²) in [4.78, 5) is 15.7. The highest BCUT2D eigenvalue weighted by molar-refractivity contribution is 5.95. The van der Waals surface area contributed by atoms with Gasteiger partial charge in [0, 0.05) is 18.8 Å². The predicted octanol–water partition coefficient (Wildman–Crippen LogP) is 1.27. The Kier molecular flexibility index (Phi) is 2.73. The number of anilines is 1.